The molecule has 1 heterocycles. The highest BCUT2D eigenvalue weighted by atomic mass is 35.5. The van der Waals surface area contributed by atoms with Gasteiger partial charge < -0.3 is 10.4 Å². The number of nitrogens with zero attached hydrogens (tertiary/aromatic N) is 1. The normalized spacial score (nSPS) is 14.6. The summed E-state index contributed by atoms with van der Waals surface area (Å²) in [6, 6.07) is 1.63. The number of carbonyl (C=O) groups is 2. The van der Waals surface area contributed by atoms with Gasteiger partial charge in [0.1, 0.15) is 11.7 Å². The summed E-state index contributed by atoms with van der Waals surface area (Å²) < 4.78 is 0. The number of likely N-dealkylation sites (N-methyl/N-ethyl adjacent to an activating group) is 1. The van der Waals surface area contributed by atoms with Crippen LogP contribution in [0.3, 0.4) is 0 Å². The number of rotatable bonds is 6. The molecule has 0 spiro atoms. The number of hydrogen-bond acceptors (Lipinski definition) is 6. The van der Waals surface area contributed by atoms with E-state index in [0.717, 1.165) is 5.56 Å². The fourth-order valence-electron chi connectivity index (χ4n) is 1.45. The van der Waals surface area contributed by atoms with Gasteiger partial charge in [-0.15, -0.1) is 11.3 Å². The van der Waals surface area contributed by atoms with Crippen molar-refractivity contribution in [1.82, 2.24) is 10.6 Å². The summed E-state index contributed by atoms with van der Waals surface area (Å²) in [5.41, 5.74) is -0.969. The molecule has 8 heteroatoms. The Bertz CT molecular complexity index is 648. The molecule has 21 heavy (non-hydrogen) atoms. The maximum atomic E-state index is 11.3. The van der Waals surface area contributed by atoms with Crippen LogP contribution in [0.5, 0.6) is 0 Å². The lowest BCUT2D eigenvalue weighted by Crippen LogP contribution is -2.53. The molecule has 0 bridgehead atoms. The Morgan fingerprint density at radius 2 is 2.24 bits per heavy atom. The highest BCUT2D eigenvalue weighted by molar-refractivity contribution is 7.12. The largest absolute Gasteiger partial charge is 0.477 e. The van der Waals surface area contributed by atoms with Crippen molar-refractivity contribution >= 4 is 40.9 Å². The number of thiophene rings is 1. The average molecular weight is 328 g/mol. The zero-order valence-corrected chi connectivity index (χ0v) is 13.2. The Hall–Kier alpha value is -1.88. The van der Waals surface area contributed by atoms with Gasteiger partial charge in [0.2, 0.25) is 0 Å². The molecular formula is C13H14ClN3O3S. The summed E-state index contributed by atoms with van der Waals surface area (Å²) in [4.78, 5) is 22.8. The molecule has 0 saturated heterocycles. The van der Waals surface area contributed by atoms with Gasteiger partial charge in [-0.2, -0.15) is 5.26 Å². The maximum Gasteiger partial charge on any atom is 0.348 e. The summed E-state index contributed by atoms with van der Waals surface area (Å²) >= 11 is 7.35. The molecule has 0 aromatic carbocycles. The van der Waals surface area contributed by atoms with Gasteiger partial charge in [0.25, 0.3) is 0 Å². The Morgan fingerprint density at radius 1 is 1.62 bits per heavy atom. The number of nitrogens with one attached hydrogen (secondary N) is 2. The summed E-state index contributed by atoms with van der Waals surface area (Å²) in [6.45, 7) is 3.29. The second-order valence-electron chi connectivity index (χ2n) is 4.42. The van der Waals surface area contributed by atoms with Crippen LogP contribution in [0.2, 0.25) is 5.02 Å². The van der Waals surface area contributed by atoms with Crippen LogP contribution < -0.4 is 10.6 Å². The Kier molecular flexibility index (Phi) is 5.49. The van der Waals surface area contributed by atoms with Crippen molar-refractivity contribution in [2.24, 2.45) is 0 Å². The predicted molar refractivity (Wildman–Crippen MR) is 80.9 cm³/mol. The SMILES string of the molecule is CN[C@@](C)(C=O)N/C(=C(/C#N)C(=O)O)c1scc(C)c1Cl. The lowest BCUT2D eigenvalue weighted by atomic mass is 10.1. The molecular weight excluding hydrogens is 314 g/mol. The molecule has 0 aliphatic heterocycles. The highest BCUT2D eigenvalue weighted by Gasteiger charge is 2.28. The standard InChI is InChI=1S/C13H14ClN3O3S/c1-7-5-21-11(9(7)14)10(8(4-15)12(19)20)17-13(2,6-18)16-3/h5-6,16-17H,1-3H3,(H,19,20)/b10-8-/t13-/m1/s1. The van der Waals surface area contributed by atoms with E-state index in [9.17, 15) is 14.7 Å². The first-order valence-electron chi connectivity index (χ1n) is 5.84. The van der Waals surface area contributed by atoms with Crippen LogP contribution in [0.25, 0.3) is 5.70 Å². The quantitative estimate of drug-likeness (QED) is 0.318. The molecule has 3 N–H and O–H groups in total. The van der Waals surface area contributed by atoms with Gasteiger partial charge in [-0.25, -0.2) is 4.79 Å². The molecule has 0 aliphatic carbocycles. The summed E-state index contributed by atoms with van der Waals surface area (Å²) in [7, 11) is 1.53. The second-order valence-corrected chi connectivity index (χ2v) is 5.68. The Morgan fingerprint density at radius 3 is 2.57 bits per heavy atom. The van der Waals surface area contributed by atoms with E-state index in [1.807, 2.05) is 0 Å². The van der Waals surface area contributed by atoms with E-state index >= 15 is 0 Å². The third-order valence-electron chi connectivity index (χ3n) is 2.84. The van der Waals surface area contributed by atoms with Gasteiger partial charge in [-0.3, -0.25) is 10.1 Å². The number of aryl methyl sites for hydroxylation is 1. The first-order chi connectivity index (χ1) is 9.79. The number of carboxylic acids is 1. The van der Waals surface area contributed by atoms with Crippen LogP contribution >= 0.6 is 22.9 Å². The molecule has 0 unspecified atom stereocenters. The molecule has 6 nitrogen and oxygen atoms in total. The minimum Gasteiger partial charge on any atom is -0.477 e. The maximum absolute atomic E-state index is 11.3. The van der Waals surface area contributed by atoms with Crippen molar-refractivity contribution < 1.29 is 14.7 Å². The number of carboxylic acid groups (broad SMARTS) is 1. The molecule has 1 rings (SSSR count). The monoisotopic (exact) mass is 327 g/mol. The fraction of sp³-hybridized carbons (Fsp3) is 0.308. The summed E-state index contributed by atoms with van der Waals surface area (Å²) in [5.74, 6) is -1.40. The van der Waals surface area contributed by atoms with Crippen molar-refractivity contribution in [2.45, 2.75) is 19.5 Å². The zero-order valence-electron chi connectivity index (χ0n) is 11.7. The third-order valence-corrected chi connectivity index (χ3v) is 4.56. The fourth-order valence-corrected chi connectivity index (χ4v) is 2.75. The number of carbonyl (C=O) groups excluding carboxylic acids is 1. The van der Waals surface area contributed by atoms with E-state index in [-0.39, 0.29) is 5.70 Å². The van der Waals surface area contributed by atoms with Crippen LogP contribution in [0, 0.1) is 18.3 Å². The first-order valence-corrected chi connectivity index (χ1v) is 7.10. The summed E-state index contributed by atoms with van der Waals surface area (Å²) in [6.07, 6.45) is 0.582. The second kappa shape index (κ2) is 6.72. The van der Waals surface area contributed by atoms with E-state index in [4.69, 9.17) is 16.9 Å². The summed E-state index contributed by atoms with van der Waals surface area (Å²) in [5, 5.41) is 25.8. The van der Waals surface area contributed by atoms with Crippen LogP contribution in [-0.2, 0) is 9.59 Å². The van der Waals surface area contributed by atoms with Gasteiger partial charge in [0.15, 0.2) is 11.9 Å². The number of aliphatic carboxylic acids is 1. The highest BCUT2D eigenvalue weighted by Crippen LogP contribution is 2.34. The number of nitriles is 1. The Labute approximate surface area is 131 Å². The molecule has 1 aromatic rings. The first kappa shape index (κ1) is 17.2. The van der Waals surface area contributed by atoms with Crippen LogP contribution in [-0.4, -0.2) is 30.1 Å². The topological polar surface area (TPSA) is 102 Å². The van der Waals surface area contributed by atoms with Crippen molar-refractivity contribution in [3.05, 3.63) is 26.4 Å². The molecule has 112 valence electrons. The number of halogens is 1. The smallest absolute Gasteiger partial charge is 0.348 e. The van der Waals surface area contributed by atoms with E-state index in [1.54, 1.807) is 18.4 Å². The minimum atomic E-state index is -1.40. The van der Waals surface area contributed by atoms with E-state index in [1.165, 1.54) is 25.3 Å². The van der Waals surface area contributed by atoms with Crippen molar-refractivity contribution in [2.75, 3.05) is 7.05 Å². The molecule has 0 amide bonds. The van der Waals surface area contributed by atoms with Gasteiger partial charge in [0, 0.05) is 0 Å². The van der Waals surface area contributed by atoms with E-state index in [0.29, 0.717) is 16.2 Å². The number of hydrogen-bond donors (Lipinski definition) is 3. The van der Waals surface area contributed by atoms with Gasteiger partial charge in [-0.05, 0) is 31.8 Å². The molecule has 0 aliphatic rings. The third kappa shape index (κ3) is 3.61. The molecule has 0 fully saturated rings. The molecule has 0 saturated carbocycles. The van der Waals surface area contributed by atoms with Crippen molar-refractivity contribution in [1.29, 1.82) is 5.26 Å². The average Bonchev–Trinajstić information content (AvgIpc) is 2.78. The van der Waals surface area contributed by atoms with Gasteiger partial charge >= 0.3 is 5.97 Å². The van der Waals surface area contributed by atoms with Gasteiger partial charge in [0.05, 0.1) is 15.6 Å². The number of aldehydes is 1. The Balaban J connectivity index is 3.53. The van der Waals surface area contributed by atoms with Crippen molar-refractivity contribution in [3.63, 3.8) is 0 Å². The van der Waals surface area contributed by atoms with Crippen LogP contribution in [0.1, 0.15) is 17.4 Å². The van der Waals surface area contributed by atoms with Crippen LogP contribution in [0.15, 0.2) is 11.0 Å². The predicted octanol–water partition coefficient (Wildman–Crippen LogP) is 1.75. The van der Waals surface area contributed by atoms with Gasteiger partial charge in [-0.1, -0.05) is 11.6 Å². The minimum absolute atomic E-state index is 0.0112. The zero-order chi connectivity index (χ0) is 16.2. The van der Waals surface area contributed by atoms with Crippen molar-refractivity contribution in [3.8, 4) is 6.07 Å². The lowest BCUT2D eigenvalue weighted by molar-refractivity contribution is -0.132. The molecule has 1 aromatic heterocycles. The molecule has 0 radical (unpaired) electrons. The van der Waals surface area contributed by atoms with E-state index < -0.39 is 17.2 Å². The molecule has 1 atom stereocenters. The lowest BCUT2D eigenvalue weighted by Gasteiger charge is -2.27. The van der Waals surface area contributed by atoms with Crippen LogP contribution in [0.4, 0.5) is 0 Å². The van der Waals surface area contributed by atoms with E-state index in [2.05, 4.69) is 10.6 Å².